The average molecular weight is 492 g/mol. The van der Waals surface area contributed by atoms with Crippen LogP contribution in [0.15, 0.2) is 58.3 Å². The standard InChI is InChI=1S/C23H29N3O5S2/c27-23(19-8-7-9-22(18-19)33(30,31)26-16-5-2-6-17-26)24-20-10-12-21(13-11-20)32(28,29)25-14-3-1-4-15-25/h7-13,18H,1-6,14-17H2,(H,24,27). The first-order valence-corrected chi connectivity index (χ1v) is 14.2. The van der Waals surface area contributed by atoms with Crippen LogP contribution in [0.4, 0.5) is 5.69 Å². The van der Waals surface area contributed by atoms with E-state index in [0.29, 0.717) is 31.9 Å². The van der Waals surface area contributed by atoms with Crippen LogP contribution in [0.2, 0.25) is 0 Å². The molecule has 0 saturated carbocycles. The van der Waals surface area contributed by atoms with E-state index < -0.39 is 26.0 Å². The van der Waals surface area contributed by atoms with Gasteiger partial charge in [-0.15, -0.1) is 0 Å². The zero-order chi connectivity index (χ0) is 23.5. The summed E-state index contributed by atoms with van der Waals surface area (Å²) in [5.41, 5.74) is 0.653. The number of nitrogens with zero attached hydrogens (tertiary/aromatic N) is 2. The molecule has 0 spiro atoms. The van der Waals surface area contributed by atoms with E-state index in [0.717, 1.165) is 38.5 Å². The predicted octanol–water partition coefficient (Wildman–Crippen LogP) is 3.29. The second kappa shape index (κ2) is 9.92. The molecule has 2 fully saturated rings. The highest BCUT2D eigenvalue weighted by Crippen LogP contribution is 2.24. The summed E-state index contributed by atoms with van der Waals surface area (Å²) < 4.78 is 54.4. The molecule has 2 aromatic rings. The van der Waals surface area contributed by atoms with Crippen molar-refractivity contribution in [1.29, 1.82) is 0 Å². The van der Waals surface area contributed by atoms with Gasteiger partial charge in [-0.05, 0) is 68.1 Å². The van der Waals surface area contributed by atoms with Gasteiger partial charge in [-0.2, -0.15) is 8.61 Å². The molecule has 10 heteroatoms. The summed E-state index contributed by atoms with van der Waals surface area (Å²) in [6.07, 6.45) is 5.45. The highest BCUT2D eigenvalue weighted by Gasteiger charge is 2.27. The van der Waals surface area contributed by atoms with E-state index in [4.69, 9.17) is 0 Å². The van der Waals surface area contributed by atoms with Gasteiger partial charge in [-0.25, -0.2) is 16.8 Å². The van der Waals surface area contributed by atoms with E-state index in [9.17, 15) is 21.6 Å². The Labute approximate surface area is 195 Å². The molecular weight excluding hydrogens is 462 g/mol. The summed E-state index contributed by atoms with van der Waals surface area (Å²) in [7, 11) is -7.18. The maximum atomic E-state index is 12.9. The number of rotatable bonds is 6. The van der Waals surface area contributed by atoms with Crippen LogP contribution in [-0.2, 0) is 20.0 Å². The molecule has 0 aromatic heterocycles. The first-order chi connectivity index (χ1) is 15.8. The van der Waals surface area contributed by atoms with Crippen molar-refractivity contribution < 1.29 is 21.6 Å². The Morgan fingerprint density at radius 1 is 0.667 bits per heavy atom. The number of sulfonamides is 2. The number of carbonyl (C=O) groups is 1. The van der Waals surface area contributed by atoms with Gasteiger partial charge in [0.2, 0.25) is 20.0 Å². The molecular formula is C23H29N3O5S2. The molecule has 0 aliphatic carbocycles. The minimum Gasteiger partial charge on any atom is -0.322 e. The number of carbonyl (C=O) groups excluding carboxylic acids is 1. The van der Waals surface area contributed by atoms with Crippen molar-refractivity contribution in [2.24, 2.45) is 0 Å². The number of amides is 1. The van der Waals surface area contributed by atoms with E-state index in [2.05, 4.69) is 5.32 Å². The Morgan fingerprint density at radius 2 is 1.18 bits per heavy atom. The molecule has 2 aromatic carbocycles. The zero-order valence-corrected chi connectivity index (χ0v) is 20.1. The van der Waals surface area contributed by atoms with Crippen LogP contribution in [-0.4, -0.2) is 57.5 Å². The van der Waals surface area contributed by atoms with Gasteiger partial charge in [0.25, 0.3) is 5.91 Å². The molecule has 178 valence electrons. The number of anilines is 1. The summed E-state index contributed by atoms with van der Waals surface area (Å²) >= 11 is 0. The SMILES string of the molecule is O=C(Nc1ccc(S(=O)(=O)N2CCCCC2)cc1)c1cccc(S(=O)(=O)N2CCCCC2)c1. The van der Waals surface area contributed by atoms with Gasteiger partial charge < -0.3 is 5.32 Å². The molecule has 33 heavy (non-hydrogen) atoms. The van der Waals surface area contributed by atoms with E-state index in [1.54, 1.807) is 24.3 Å². The predicted molar refractivity (Wildman–Crippen MR) is 126 cm³/mol. The van der Waals surface area contributed by atoms with Crippen molar-refractivity contribution in [3.8, 4) is 0 Å². The second-order valence-electron chi connectivity index (χ2n) is 8.44. The first kappa shape index (κ1) is 23.9. The second-order valence-corrected chi connectivity index (χ2v) is 12.3. The summed E-state index contributed by atoms with van der Waals surface area (Å²) in [5, 5.41) is 2.72. The average Bonchev–Trinajstić information content (AvgIpc) is 2.85. The molecule has 0 bridgehead atoms. The zero-order valence-electron chi connectivity index (χ0n) is 18.4. The first-order valence-electron chi connectivity index (χ1n) is 11.3. The van der Waals surface area contributed by atoms with E-state index in [1.165, 1.54) is 32.9 Å². The lowest BCUT2D eigenvalue weighted by molar-refractivity contribution is 0.102. The molecule has 8 nitrogen and oxygen atoms in total. The van der Waals surface area contributed by atoms with Gasteiger partial charge >= 0.3 is 0 Å². The molecule has 4 rings (SSSR count). The number of hydrogen-bond donors (Lipinski definition) is 1. The summed E-state index contributed by atoms with van der Waals surface area (Å²) in [4.78, 5) is 13.0. The molecule has 2 aliphatic heterocycles. The summed E-state index contributed by atoms with van der Waals surface area (Å²) in [6, 6.07) is 12.1. The normalized spacial score (nSPS) is 18.7. The van der Waals surface area contributed by atoms with Crippen LogP contribution in [0, 0.1) is 0 Å². The van der Waals surface area contributed by atoms with Gasteiger partial charge in [-0.3, -0.25) is 4.79 Å². The Balaban J connectivity index is 1.47. The monoisotopic (exact) mass is 491 g/mol. The van der Waals surface area contributed by atoms with Crippen molar-refractivity contribution in [2.45, 2.75) is 48.3 Å². The molecule has 0 unspecified atom stereocenters. The third-order valence-corrected chi connectivity index (χ3v) is 9.92. The van der Waals surface area contributed by atoms with Crippen molar-refractivity contribution in [1.82, 2.24) is 8.61 Å². The Kier molecular flexibility index (Phi) is 7.18. The minimum atomic E-state index is -3.64. The van der Waals surface area contributed by atoms with Crippen molar-refractivity contribution >= 4 is 31.6 Å². The lowest BCUT2D eigenvalue weighted by Crippen LogP contribution is -2.35. The molecule has 2 aliphatic rings. The lowest BCUT2D eigenvalue weighted by Gasteiger charge is -2.26. The molecule has 0 radical (unpaired) electrons. The number of hydrogen-bond acceptors (Lipinski definition) is 5. The van der Waals surface area contributed by atoms with E-state index in [-0.39, 0.29) is 15.4 Å². The number of piperidine rings is 2. The van der Waals surface area contributed by atoms with Crippen molar-refractivity contribution in [3.05, 3.63) is 54.1 Å². The lowest BCUT2D eigenvalue weighted by atomic mass is 10.2. The van der Waals surface area contributed by atoms with Gasteiger partial charge in [0.05, 0.1) is 9.79 Å². The Morgan fingerprint density at radius 3 is 1.73 bits per heavy atom. The third kappa shape index (κ3) is 5.29. The number of benzene rings is 2. The van der Waals surface area contributed by atoms with Crippen molar-refractivity contribution in [2.75, 3.05) is 31.5 Å². The molecule has 2 heterocycles. The van der Waals surface area contributed by atoms with E-state index >= 15 is 0 Å². The van der Waals surface area contributed by atoms with Gasteiger partial charge in [0.1, 0.15) is 0 Å². The van der Waals surface area contributed by atoms with Crippen LogP contribution in [0.1, 0.15) is 48.9 Å². The number of nitrogens with one attached hydrogen (secondary N) is 1. The quantitative estimate of drug-likeness (QED) is 0.668. The van der Waals surface area contributed by atoms with Crippen LogP contribution in [0.5, 0.6) is 0 Å². The van der Waals surface area contributed by atoms with Gasteiger partial charge in [-0.1, -0.05) is 18.9 Å². The Hall–Kier alpha value is -2.27. The van der Waals surface area contributed by atoms with Crippen LogP contribution >= 0.6 is 0 Å². The van der Waals surface area contributed by atoms with Gasteiger partial charge in [0, 0.05) is 37.4 Å². The van der Waals surface area contributed by atoms with Gasteiger partial charge in [0.15, 0.2) is 0 Å². The molecule has 2 saturated heterocycles. The third-order valence-electron chi connectivity index (χ3n) is 6.11. The Bertz CT molecular complexity index is 1200. The molecule has 0 atom stereocenters. The smallest absolute Gasteiger partial charge is 0.255 e. The summed E-state index contributed by atoms with van der Waals surface area (Å²) in [5.74, 6) is -0.461. The maximum Gasteiger partial charge on any atom is 0.255 e. The topological polar surface area (TPSA) is 104 Å². The van der Waals surface area contributed by atoms with E-state index in [1.807, 2.05) is 0 Å². The fourth-order valence-corrected chi connectivity index (χ4v) is 7.30. The minimum absolute atomic E-state index is 0.0972. The van der Waals surface area contributed by atoms with Crippen molar-refractivity contribution in [3.63, 3.8) is 0 Å². The highest BCUT2D eigenvalue weighted by molar-refractivity contribution is 7.89. The fraction of sp³-hybridized carbons (Fsp3) is 0.435. The van der Waals surface area contributed by atoms with Crippen LogP contribution in [0.25, 0.3) is 0 Å². The highest BCUT2D eigenvalue weighted by atomic mass is 32.2. The maximum absolute atomic E-state index is 12.9. The largest absolute Gasteiger partial charge is 0.322 e. The summed E-state index contributed by atoms with van der Waals surface area (Å²) in [6.45, 7) is 2.03. The molecule has 1 N–H and O–H groups in total. The molecule has 1 amide bonds. The fourth-order valence-electron chi connectivity index (χ4n) is 4.22. The van der Waals surface area contributed by atoms with Crippen LogP contribution < -0.4 is 5.32 Å². The van der Waals surface area contributed by atoms with Crippen LogP contribution in [0.3, 0.4) is 0 Å².